The molecule has 1 fully saturated rings. The van der Waals surface area contributed by atoms with E-state index in [4.69, 9.17) is 11.6 Å². The monoisotopic (exact) mass is 313 g/mol. The summed E-state index contributed by atoms with van der Waals surface area (Å²) in [6.07, 6.45) is -1.16. The molecule has 1 atom stereocenters. The van der Waals surface area contributed by atoms with E-state index in [1.54, 1.807) is 23.1 Å². The van der Waals surface area contributed by atoms with Crippen molar-refractivity contribution in [3.63, 3.8) is 0 Å². The maximum Gasteiger partial charge on any atom is 0.258 e. The number of hydrogen-bond acceptors (Lipinski definition) is 3. The summed E-state index contributed by atoms with van der Waals surface area (Å²) < 4.78 is 25.8. The molecule has 112 valence electrons. The van der Waals surface area contributed by atoms with Crippen molar-refractivity contribution < 1.29 is 8.78 Å². The van der Waals surface area contributed by atoms with E-state index in [-0.39, 0.29) is 12.1 Å². The highest BCUT2D eigenvalue weighted by Crippen LogP contribution is 2.24. The van der Waals surface area contributed by atoms with Crippen molar-refractivity contribution in [2.75, 3.05) is 6.54 Å². The fourth-order valence-electron chi connectivity index (χ4n) is 2.76. The Morgan fingerprint density at radius 3 is 3.05 bits per heavy atom. The standard InChI is InChI=1S/C14H14ClF2N3O/c15-8-3-4-10-9(6-8)14(21)19-12(18-10)7-20-5-1-2-11(20)13(16)17/h3-4,6,11,13H,1-2,5,7H2,(H,18,19,21)/t11-/m1/s1. The highest BCUT2D eigenvalue weighted by atomic mass is 35.5. The first-order chi connectivity index (χ1) is 10.0. The van der Waals surface area contributed by atoms with Crippen LogP contribution in [0, 0.1) is 0 Å². The quantitative estimate of drug-likeness (QED) is 0.948. The van der Waals surface area contributed by atoms with Crippen molar-refractivity contribution >= 4 is 22.5 Å². The van der Waals surface area contributed by atoms with Gasteiger partial charge in [0.2, 0.25) is 0 Å². The fourth-order valence-corrected chi connectivity index (χ4v) is 2.93. The minimum Gasteiger partial charge on any atom is -0.309 e. The van der Waals surface area contributed by atoms with Crippen molar-refractivity contribution in [3.8, 4) is 0 Å². The molecule has 0 bridgehead atoms. The van der Waals surface area contributed by atoms with Crippen molar-refractivity contribution in [1.82, 2.24) is 14.9 Å². The highest BCUT2D eigenvalue weighted by molar-refractivity contribution is 6.31. The summed E-state index contributed by atoms with van der Waals surface area (Å²) in [6.45, 7) is 0.820. The van der Waals surface area contributed by atoms with E-state index in [0.717, 1.165) is 6.42 Å². The molecule has 0 unspecified atom stereocenters. The molecule has 1 aliphatic heterocycles. The van der Waals surface area contributed by atoms with E-state index in [1.165, 1.54) is 0 Å². The Bertz CT molecular complexity index is 719. The molecule has 1 aliphatic rings. The number of aromatic amines is 1. The number of H-pyrrole nitrogens is 1. The molecule has 21 heavy (non-hydrogen) atoms. The van der Waals surface area contributed by atoms with Gasteiger partial charge >= 0.3 is 0 Å². The van der Waals surface area contributed by atoms with Crippen LogP contribution in [-0.4, -0.2) is 33.9 Å². The van der Waals surface area contributed by atoms with Crippen molar-refractivity contribution in [1.29, 1.82) is 0 Å². The average Bonchev–Trinajstić information content (AvgIpc) is 2.88. The number of benzene rings is 1. The molecule has 1 N–H and O–H groups in total. The van der Waals surface area contributed by atoms with E-state index in [9.17, 15) is 13.6 Å². The minimum atomic E-state index is -2.38. The second-order valence-corrected chi connectivity index (χ2v) is 5.63. The van der Waals surface area contributed by atoms with Gasteiger partial charge in [0.25, 0.3) is 12.0 Å². The Balaban J connectivity index is 1.91. The summed E-state index contributed by atoms with van der Waals surface area (Å²) >= 11 is 5.85. The second kappa shape index (κ2) is 5.69. The third-order valence-corrected chi connectivity index (χ3v) is 4.01. The molecule has 0 saturated carbocycles. The number of nitrogens with one attached hydrogen (secondary N) is 1. The molecule has 1 aromatic heterocycles. The molecule has 4 nitrogen and oxygen atoms in total. The van der Waals surface area contributed by atoms with E-state index in [0.29, 0.717) is 34.7 Å². The van der Waals surface area contributed by atoms with Gasteiger partial charge < -0.3 is 4.98 Å². The van der Waals surface area contributed by atoms with Gasteiger partial charge in [0.15, 0.2) is 0 Å². The van der Waals surface area contributed by atoms with Crippen molar-refractivity contribution in [3.05, 3.63) is 39.4 Å². The topological polar surface area (TPSA) is 49.0 Å². The lowest BCUT2D eigenvalue weighted by Crippen LogP contribution is -2.35. The van der Waals surface area contributed by atoms with E-state index >= 15 is 0 Å². The number of halogens is 3. The lowest BCUT2D eigenvalue weighted by Gasteiger charge is -2.22. The van der Waals surface area contributed by atoms with Gasteiger partial charge in [-0.3, -0.25) is 9.69 Å². The third kappa shape index (κ3) is 2.91. The van der Waals surface area contributed by atoms with Crippen LogP contribution in [-0.2, 0) is 6.54 Å². The van der Waals surface area contributed by atoms with Crippen molar-refractivity contribution in [2.24, 2.45) is 0 Å². The molecule has 0 amide bonds. The lowest BCUT2D eigenvalue weighted by molar-refractivity contribution is 0.0430. The summed E-state index contributed by atoms with van der Waals surface area (Å²) in [4.78, 5) is 20.7. The molecular weight excluding hydrogens is 300 g/mol. The van der Waals surface area contributed by atoms with Crippen LogP contribution in [0.4, 0.5) is 8.78 Å². The minimum absolute atomic E-state index is 0.225. The van der Waals surface area contributed by atoms with Crippen LogP contribution in [0.5, 0.6) is 0 Å². The van der Waals surface area contributed by atoms with Gasteiger partial charge in [0.1, 0.15) is 5.82 Å². The predicted octanol–water partition coefficient (Wildman–Crippen LogP) is 2.81. The van der Waals surface area contributed by atoms with Gasteiger partial charge in [-0.2, -0.15) is 0 Å². The number of alkyl halides is 2. The Labute approximate surface area is 124 Å². The molecule has 7 heteroatoms. The molecule has 0 aliphatic carbocycles. The first-order valence-corrected chi connectivity index (χ1v) is 7.13. The number of nitrogens with zero attached hydrogens (tertiary/aromatic N) is 2. The van der Waals surface area contributed by atoms with E-state index in [2.05, 4.69) is 9.97 Å². The van der Waals surface area contributed by atoms with Crippen LogP contribution in [0.2, 0.25) is 5.02 Å². The average molecular weight is 314 g/mol. The number of hydrogen-bond donors (Lipinski definition) is 1. The van der Waals surface area contributed by atoms with Gasteiger partial charge in [0.05, 0.1) is 23.5 Å². The molecule has 0 radical (unpaired) electrons. The third-order valence-electron chi connectivity index (χ3n) is 3.77. The van der Waals surface area contributed by atoms with Gasteiger partial charge in [-0.15, -0.1) is 0 Å². The maximum absolute atomic E-state index is 12.9. The molecule has 1 aromatic carbocycles. The summed E-state index contributed by atoms with van der Waals surface area (Å²) in [5, 5.41) is 0.859. The van der Waals surface area contributed by atoms with Crippen LogP contribution in [0.25, 0.3) is 10.9 Å². The summed E-state index contributed by atoms with van der Waals surface area (Å²) in [5.41, 5.74) is 0.219. The molecule has 0 spiro atoms. The first-order valence-electron chi connectivity index (χ1n) is 6.75. The highest BCUT2D eigenvalue weighted by Gasteiger charge is 2.32. The Morgan fingerprint density at radius 2 is 2.29 bits per heavy atom. The maximum atomic E-state index is 12.9. The summed E-state index contributed by atoms with van der Waals surface area (Å²) in [5.74, 6) is 0.405. The number of rotatable bonds is 3. The van der Waals surface area contributed by atoms with Crippen LogP contribution < -0.4 is 5.56 Å². The molecule has 2 heterocycles. The zero-order valence-corrected chi connectivity index (χ0v) is 11.9. The van der Waals surface area contributed by atoms with Crippen LogP contribution in [0.3, 0.4) is 0 Å². The lowest BCUT2D eigenvalue weighted by atomic mass is 10.2. The molecule has 1 saturated heterocycles. The van der Waals surface area contributed by atoms with Crippen LogP contribution >= 0.6 is 11.6 Å². The second-order valence-electron chi connectivity index (χ2n) is 5.19. The Hall–Kier alpha value is -1.53. The van der Waals surface area contributed by atoms with Gasteiger partial charge in [0, 0.05) is 5.02 Å². The first kappa shape index (κ1) is 14.4. The van der Waals surface area contributed by atoms with Gasteiger partial charge in [-0.25, -0.2) is 13.8 Å². The molecular formula is C14H14ClF2N3O. The van der Waals surface area contributed by atoms with E-state index in [1.807, 2.05) is 0 Å². The fraction of sp³-hybridized carbons (Fsp3) is 0.429. The van der Waals surface area contributed by atoms with Crippen LogP contribution in [0.1, 0.15) is 18.7 Å². The van der Waals surface area contributed by atoms with Crippen LogP contribution in [0.15, 0.2) is 23.0 Å². The predicted molar refractivity (Wildman–Crippen MR) is 76.8 cm³/mol. The zero-order valence-electron chi connectivity index (χ0n) is 11.2. The van der Waals surface area contributed by atoms with Gasteiger partial charge in [-0.05, 0) is 37.6 Å². The zero-order chi connectivity index (χ0) is 15.0. The largest absolute Gasteiger partial charge is 0.309 e. The number of likely N-dealkylation sites (tertiary alicyclic amines) is 1. The normalized spacial score (nSPS) is 19.7. The molecule has 2 aromatic rings. The van der Waals surface area contributed by atoms with Crippen molar-refractivity contribution in [2.45, 2.75) is 31.9 Å². The smallest absolute Gasteiger partial charge is 0.258 e. The van der Waals surface area contributed by atoms with E-state index < -0.39 is 12.5 Å². The Morgan fingerprint density at radius 1 is 1.48 bits per heavy atom. The summed E-state index contributed by atoms with van der Waals surface area (Å²) in [6, 6.07) is 4.10. The Kier molecular flexibility index (Phi) is 3.91. The number of aromatic nitrogens is 2. The SMILES string of the molecule is O=c1[nH]c(CN2CCC[C@@H]2C(F)F)nc2ccc(Cl)cc12. The summed E-state index contributed by atoms with van der Waals surface area (Å²) in [7, 11) is 0. The molecule has 3 rings (SSSR count). The number of fused-ring (bicyclic) bond motifs is 1. The van der Waals surface area contributed by atoms with Gasteiger partial charge in [-0.1, -0.05) is 11.6 Å².